The van der Waals surface area contributed by atoms with E-state index in [1.807, 2.05) is 0 Å². The summed E-state index contributed by atoms with van der Waals surface area (Å²) in [7, 11) is 0. The normalized spacial score (nSPS) is 21.4. The van der Waals surface area contributed by atoms with Gasteiger partial charge in [0.15, 0.2) is 6.61 Å². The van der Waals surface area contributed by atoms with Gasteiger partial charge in [-0.05, 0) is 43.5 Å². The molecule has 150 valence electrons. The molecule has 1 N–H and O–H groups in total. The molecule has 1 heterocycles. The number of benzene rings is 1. The highest BCUT2D eigenvalue weighted by Gasteiger charge is 2.47. The molecule has 1 saturated carbocycles. The van der Waals surface area contributed by atoms with Gasteiger partial charge < -0.3 is 10.1 Å². The predicted octanol–water partition coefficient (Wildman–Crippen LogP) is 2.70. The maximum Gasteiger partial charge on any atom is 0.308 e. The second-order valence-corrected chi connectivity index (χ2v) is 7.68. The fraction of sp³-hybridized carbons (Fsp3) is 0.500. The van der Waals surface area contributed by atoms with Crippen molar-refractivity contribution in [3.05, 3.63) is 28.8 Å². The molecule has 0 bridgehead atoms. The number of anilines is 1. The zero-order valence-corrected chi connectivity index (χ0v) is 16.5. The number of hydrogen-bond acceptors (Lipinski definition) is 5. The summed E-state index contributed by atoms with van der Waals surface area (Å²) in [5.74, 6) is -1.93. The van der Waals surface area contributed by atoms with Crippen LogP contribution in [0.3, 0.4) is 0 Å². The maximum atomic E-state index is 12.4. The molecule has 28 heavy (non-hydrogen) atoms. The maximum absolute atomic E-state index is 12.4. The first-order valence-corrected chi connectivity index (χ1v) is 9.81. The molecule has 1 aromatic carbocycles. The van der Waals surface area contributed by atoms with Crippen molar-refractivity contribution in [1.29, 1.82) is 0 Å². The van der Waals surface area contributed by atoms with Crippen LogP contribution in [0.1, 0.15) is 37.7 Å². The summed E-state index contributed by atoms with van der Waals surface area (Å²) in [6.45, 7) is 1.37. The van der Waals surface area contributed by atoms with E-state index in [2.05, 4.69) is 5.32 Å². The van der Waals surface area contributed by atoms with Crippen molar-refractivity contribution in [3.63, 3.8) is 0 Å². The molecule has 2 aliphatic rings. The first-order chi connectivity index (χ1) is 13.4. The number of esters is 1. The summed E-state index contributed by atoms with van der Waals surface area (Å²) < 4.78 is 4.96. The molecule has 1 aromatic rings. The molecule has 1 saturated heterocycles. The Balaban J connectivity index is 1.44. The van der Waals surface area contributed by atoms with Gasteiger partial charge in [-0.3, -0.25) is 24.1 Å². The lowest BCUT2D eigenvalue weighted by Gasteiger charge is -2.19. The number of carbonyl (C=O) groups is 4. The molecular weight excluding hydrogens is 384 g/mol. The topological polar surface area (TPSA) is 92.8 Å². The largest absolute Gasteiger partial charge is 0.456 e. The molecule has 1 aliphatic heterocycles. The number of fused-ring (bicyclic) bond motifs is 1. The Kier molecular flexibility index (Phi) is 6.34. The zero-order valence-electron chi connectivity index (χ0n) is 15.7. The third-order valence-corrected chi connectivity index (χ3v) is 5.53. The Hall–Kier alpha value is -2.41. The lowest BCUT2D eigenvalue weighted by molar-refractivity contribution is -0.148. The van der Waals surface area contributed by atoms with E-state index in [0.717, 1.165) is 31.2 Å². The van der Waals surface area contributed by atoms with Gasteiger partial charge in [0, 0.05) is 17.3 Å². The summed E-state index contributed by atoms with van der Waals surface area (Å²) in [6.07, 6.45) is 3.27. The number of imide groups is 1. The molecule has 7 nitrogen and oxygen atoms in total. The van der Waals surface area contributed by atoms with Gasteiger partial charge >= 0.3 is 5.97 Å². The molecular formula is C20H23ClN2O5. The van der Waals surface area contributed by atoms with Crippen LogP contribution < -0.4 is 5.32 Å². The highest BCUT2D eigenvalue weighted by Crippen LogP contribution is 2.37. The van der Waals surface area contributed by atoms with Crippen LogP contribution in [0.4, 0.5) is 5.69 Å². The van der Waals surface area contributed by atoms with Crippen molar-refractivity contribution in [2.24, 2.45) is 11.8 Å². The van der Waals surface area contributed by atoms with Crippen molar-refractivity contribution < 1.29 is 23.9 Å². The fourth-order valence-corrected chi connectivity index (χ4v) is 4.05. The van der Waals surface area contributed by atoms with E-state index >= 15 is 0 Å². The van der Waals surface area contributed by atoms with Gasteiger partial charge in [0.25, 0.3) is 5.91 Å². The van der Waals surface area contributed by atoms with Crippen LogP contribution in [0, 0.1) is 18.8 Å². The SMILES string of the molecule is Cc1cc(Cl)ccc1NC(=O)COC(=O)CCN1C(=O)[C@@H]2CCCC[C@H]2C1=O. The lowest BCUT2D eigenvalue weighted by Crippen LogP contribution is -2.33. The molecule has 2 fully saturated rings. The summed E-state index contributed by atoms with van der Waals surface area (Å²) in [5.41, 5.74) is 1.38. The van der Waals surface area contributed by atoms with Gasteiger partial charge in [0.2, 0.25) is 11.8 Å². The van der Waals surface area contributed by atoms with Crippen LogP contribution in [-0.2, 0) is 23.9 Å². The first-order valence-electron chi connectivity index (χ1n) is 9.43. The number of nitrogens with one attached hydrogen (secondary N) is 1. The number of hydrogen-bond donors (Lipinski definition) is 1. The standard InChI is InChI=1S/C20H23ClN2O5/c1-12-10-13(21)6-7-16(12)22-17(24)11-28-18(25)8-9-23-19(26)14-4-2-3-5-15(14)20(23)27/h6-7,10,14-15H,2-5,8-9,11H2,1H3,(H,22,24)/t14-,15-/m1/s1. The predicted molar refractivity (Wildman–Crippen MR) is 103 cm³/mol. The number of halogens is 1. The summed E-state index contributed by atoms with van der Waals surface area (Å²) >= 11 is 5.87. The lowest BCUT2D eigenvalue weighted by atomic mass is 9.81. The molecule has 2 atom stereocenters. The minimum atomic E-state index is -0.626. The van der Waals surface area contributed by atoms with E-state index in [1.54, 1.807) is 25.1 Å². The summed E-state index contributed by atoms with van der Waals surface area (Å²) in [5, 5.41) is 3.21. The molecule has 3 amide bonds. The molecule has 8 heteroatoms. The number of amides is 3. The first kappa shape index (κ1) is 20.3. The van der Waals surface area contributed by atoms with E-state index in [9.17, 15) is 19.2 Å². The van der Waals surface area contributed by atoms with Crippen molar-refractivity contribution in [1.82, 2.24) is 4.90 Å². The van der Waals surface area contributed by atoms with Gasteiger partial charge in [-0.15, -0.1) is 0 Å². The Labute approximate surface area is 168 Å². The Morgan fingerprint density at radius 3 is 2.43 bits per heavy atom. The van der Waals surface area contributed by atoms with E-state index in [1.165, 1.54) is 4.90 Å². The quantitative estimate of drug-likeness (QED) is 0.579. The number of ether oxygens (including phenoxy) is 1. The van der Waals surface area contributed by atoms with Crippen molar-refractivity contribution in [2.75, 3.05) is 18.5 Å². The van der Waals surface area contributed by atoms with Gasteiger partial charge in [0.05, 0.1) is 18.3 Å². The highest BCUT2D eigenvalue weighted by atomic mass is 35.5. The summed E-state index contributed by atoms with van der Waals surface area (Å²) in [4.78, 5) is 49.8. The van der Waals surface area contributed by atoms with E-state index in [4.69, 9.17) is 16.3 Å². The Bertz CT molecular complexity index is 786. The van der Waals surface area contributed by atoms with Crippen LogP contribution in [0.2, 0.25) is 5.02 Å². The van der Waals surface area contributed by atoms with Crippen LogP contribution in [0.5, 0.6) is 0 Å². The molecule has 3 rings (SSSR count). The average molecular weight is 407 g/mol. The van der Waals surface area contributed by atoms with Crippen LogP contribution in [0.15, 0.2) is 18.2 Å². The van der Waals surface area contributed by atoms with E-state index < -0.39 is 18.5 Å². The smallest absolute Gasteiger partial charge is 0.308 e. The van der Waals surface area contributed by atoms with Crippen LogP contribution in [-0.4, -0.2) is 41.7 Å². The molecule has 0 unspecified atom stereocenters. The minimum Gasteiger partial charge on any atom is -0.456 e. The Morgan fingerprint density at radius 2 is 1.82 bits per heavy atom. The number of rotatable bonds is 6. The second kappa shape index (κ2) is 8.73. The number of likely N-dealkylation sites (tertiary alicyclic amines) is 1. The molecule has 0 aromatic heterocycles. The fourth-order valence-electron chi connectivity index (χ4n) is 3.83. The summed E-state index contributed by atoms with van der Waals surface area (Å²) in [6, 6.07) is 5.03. The van der Waals surface area contributed by atoms with E-state index in [0.29, 0.717) is 10.7 Å². The second-order valence-electron chi connectivity index (χ2n) is 7.24. The van der Waals surface area contributed by atoms with Crippen molar-refractivity contribution >= 4 is 41.0 Å². The zero-order chi connectivity index (χ0) is 20.3. The van der Waals surface area contributed by atoms with Crippen molar-refractivity contribution in [3.8, 4) is 0 Å². The average Bonchev–Trinajstić information content (AvgIpc) is 2.91. The highest BCUT2D eigenvalue weighted by molar-refractivity contribution is 6.30. The molecule has 0 spiro atoms. The Morgan fingerprint density at radius 1 is 1.18 bits per heavy atom. The number of nitrogens with zero attached hydrogens (tertiary/aromatic N) is 1. The van der Waals surface area contributed by atoms with E-state index in [-0.39, 0.29) is 36.6 Å². The minimum absolute atomic E-state index is 0.00140. The molecule has 0 radical (unpaired) electrons. The number of carbonyl (C=O) groups excluding carboxylic acids is 4. The van der Waals surface area contributed by atoms with Crippen LogP contribution >= 0.6 is 11.6 Å². The van der Waals surface area contributed by atoms with Gasteiger partial charge in [-0.1, -0.05) is 24.4 Å². The molecule has 1 aliphatic carbocycles. The van der Waals surface area contributed by atoms with Crippen molar-refractivity contribution in [2.45, 2.75) is 39.0 Å². The van der Waals surface area contributed by atoms with Gasteiger partial charge in [-0.25, -0.2) is 0 Å². The van der Waals surface area contributed by atoms with Gasteiger partial charge in [0.1, 0.15) is 0 Å². The number of aryl methyl sites for hydroxylation is 1. The van der Waals surface area contributed by atoms with Crippen LogP contribution in [0.25, 0.3) is 0 Å². The third-order valence-electron chi connectivity index (χ3n) is 5.30. The third kappa shape index (κ3) is 4.52. The monoisotopic (exact) mass is 406 g/mol. The van der Waals surface area contributed by atoms with Gasteiger partial charge in [-0.2, -0.15) is 0 Å².